The number of aliphatic carboxylic acids is 1. The van der Waals surface area contributed by atoms with Gasteiger partial charge in [-0.25, -0.2) is 4.79 Å². The normalized spacial score (nSPS) is 11.2. The van der Waals surface area contributed by atoms with E-state index in [0.717, 1.165) is 0 Å². The number of hydrogen-bond donors (Lipinski definition) is 3. The number of carboxylic acid groups (broad SMARTS) is 1. The molecule has 2 amide bonds. The van der Waals surface area contributed by atoms with E-state index in [1.165, 1.54) is 0 Å². The summed E-state index contributed by atoms with van der Waals surface area (Å²) < 4.78 is 0.576. The molecule has 7 heteroatoms. The number of benzene rings is 1. The van der Waals surface area contributed by atoms with E-state index in [0.29, 0.717) is 15.7 Å². The third-order valence-corrected chi connectivity index (χ3v) is 2.86. The van der Waals surface area contributed by atoms with Crippen molar-refractivity contribution < 1.29 is 14.7 Å². The minimum absolute atomic E-state index is 0.151. The second-order valence-corrected chi connectivity index (χ2v) is 4.76. The van der Waals surface area contributed by atoms with Gasteiger partial charge in [0.15, 0.2) is 0 Å². The first-order valence-corrected chi connectivity index (χ1v) is 6.20. The highest BCUT2D eigenvalue weighted by atomic mass is 79.9. The molecule has 100 valence electrons. The van der Waals surface area contributed by atoms with Crippen molar-refractivity contribution in [3.63, 3.8) is 0 Å². The largest absolute Gasteiger partial charge is 0.481 e. The molecule has 0 spiro atoms. The van der Waals surface area contributed by atoms with Gasteiger partial charge in [0.1, 0.15) is 0 Å². The Balaban J connectivity index is 2.62. The lowest BCUT2D eigenvalue weighted by Crippen LogP contribution is -2.37. The second-order valence-electron chi connectivity index (χ2n) is 3.90. The number of nitrogens with one attached hydrogen (secondary N) is 2. The van der Waals surface area contributed by atoms with Gasteiger partial charge in [-0.2, -0.15) is 5.26 Å². The Labute approximate surface area is 118 Å². The van der Waals surface area contributed by atoms with Gasteiger partial charge < -0.3 is 15.7 Å². The summed E-state index contributed by atoms with van der Waals surface area (Å²) in [7, 11) is 0. The average Bonchev–Trinajstić information content (AvgIpc) is 2.30. The summed E-state index contributed by atoms with van der Waals surface area (Å²) in [6.07, 6.45) is -0.151. The number of urea groups is 1. The molecule has 0 saturated carbocycles. The summed E-state index contributed by atoms with van der Waals surface area (Å²) in [5.74, 6) is -0.979. The molecule has 0 radical (unpaired) electrons. The Morgan fingerprint density at radius 3 is 2.74 bits per heavy atom. The number of carbonyl (C=O) groups excluding carboxylic acids is 1. The van der Waals surface area contributed by atoms with E-state index in [2.05, 4.69) is 26.6 Å². The van der Waals surface area contributed by atoms with Gasteiger partial charge in [0.2, 0.25) is 0 Å². The molecule has 1 aromatic rings. The predicted molar refractivity (Wildman–Crippen MR) is 72.7 cm³/mol. The number of anilines is 1. The lowest BCUT2D eigenvalue weighted by atomic mass is 10.2. The van der Waals surface area contributed by atoms with Crippen molar-refractivity contribution >= 4 is 33.6 Å². The molecule has 0 saturated heterocycles. The van der Waals surface area contributed by atoms with Crippen LogP contribution in [0.3, 0.4) is 0 Å². The van der Waals surface area contributed by atoms with E-state index in [-0.39, 0.29) is 6.42 Å². The number of carbonyl (C=O) groups is 2. The zero-order valence-electron chi connectivity index (χ0n) is 10.1. The van der Waals surface area contributed by atoms with Crippen molar-refractivity contribution in [2.75, 3.05) is 5.32 Å². The maximum atomic E-state index is 11.6. The predicted octanol–water partition coefficient (Wildman–Crippen LogP) is 2.31. The van der Waals surface area contributed by atoms with Gasteiger partial charge in [-0.1, -0.05) is 0 Å². The number of nitrogens with zero attached hydrogens (tertiary/aromatic N) is 1. The van der Waals surface area contributed by atoms with E-state index in [1.807, 2.05) is 6.07 Å². The molecule has 0 aromatic heterocycles. The molecular weight excluding hydrogens is 314 g/mol. The van der Waals surface area contributed by atoms with E-state index in [9.17, 15) is 9.59 Å². The minimum atomic E-state index is -0.979. The molecule has 0 fully saturated rings. The first-order valence-electron chi connectivity index (χ1n) is 5.41. The average molecular weight is 326 g/mol. The van der Waals surface area contributed by atoms with Crippen LogP contribution in [0.2, 0.25) is 0 Å². The van der Waals surface area contributed by atoms with Crippen molar-refractivity contribution in [2.24, 2.45) is 0 Å². The van der Waals surface area contributed by atoms with Gasteiger partial charge in [-0.3, -0.25) is 4.79 Å². The summed E-state index contributed by atoms with van der Waals surface area (Å²) in [6.45, 7) is 1.60. The third-order valence-electron chi connectivity index (χ3n) is 2.20. The quantitative estimate of drug-likeness (QED) is 0.790. The van der Waals surface area contributed by atoms with E-state index < -0.39 is 18.0 Å². The molecule has 1 unspecified atom stereocenters. The van der Waals surface area contributed by atoms with Crippen LogP contribution in [-0.4, -0.2) is 23.1 Å². The topological polar surface area (TPSA) is 102 Å². The molecule has 0 bridgehead atoms. The first kappa shape index (κ1) is 15.0. The standard InChI is InChI=1S/C12H12BrN3O3/c1-7(4-11(17)18)15-12(19)16-10-3-2-8(6-14)5-9(10)13/h2-3,5,7H,4H2,1H3,(H,17,18)(H2,15,16,19). The highest BCUT2D eigenvalue weighted by Crippen LogP contribution is 2.23. The van der Waals surface area contributed by atoms with Crippen molar-refractivity contribution in [1.29, 1.82) is 5.26 Å². The van der Waals surface area contributed by atoms with Crippen LogP contribution in [-0.2, 0) is 4.79 Å². The van der Waals surface area contributed by atoms with Gasteiger partial charge in [0.25, 0.3) is 0 Å². The molecule has 19 heavy (non-hydrogen) atoms. The fourth-order valence-corrected chi connectivity index (χ4v) is 1.86. The van der Waals surface area contributed by atoms with Crippen LogP contribution in [0.4, 0.5) is 10.5 Å². The molecule has 3 N–H and O–H groups in total. The second kappa shape index (κ2) is 6.75. The zero-order chi connectivity index (χ0) is 14.4. The highest BCUT2D eigenvalue weighted by molar-refractivity contribution is 9.10. The third kappa shape index (κ3) is 4.97. The number of amides is 2. The van der Waals surface area contributed by atoms with Crippen LogP contribution in [0.1, 0.15) is 18.9 Å². The lowest BCUT2D eigenvalue weighted by molar-refractivity contribution is -0.137. The zero-order valence-corrected chi connectivity index (χ0v) is 11.7. The SMILES string of the molecule is CC(CC(=O)O)NC(=O)Nc1ccc(C#N)cc1Br. The Hall–Kier alpha value is -2.07. The lowest BCUT2D eigenvalue weighted by Gasteiger charge is -2.13. The van der Waals surface area contributed by atoms with Gasteiger partial charge in [-0.05, 0) is 41.1 Å². The Bertz CT molecular complexity index is 540. The van der Waals surface area contributed by atoms with Crippen molar-refractivity contribution in [3.8, 4) is 6.07 Å². The fourth-order valence-electron chi connectivity index (χ4n) is 1.38. The molecule has 1 aromatic carbocycles. The molecule has 0 aliphatic rings. The summed E-state index contributed by atoms with van der Waals surface area (Å²) in [5.41, 5.74) is 0.969. The van der Waals surface area contributed by atoms with Gasteiger partial charge >= 0.3 is 12.0 Å². The summed E-state index contributed by atoms with van der Waals surface area (Å²) in [6, 6.07) is 5.74. The molecule has 1 rings (SSSR count). The maximum absolute atomic E-state index is 11.6. The molecule has 1 atom stereocenters. The van der Waals surface area contributed by atoms with Crippen molar-refractivity contribution in [3.05, 3.63) is 28.2 Å². The van der Waals surface area contributed by atoms with E-state index in [1.54, 1.807) is 25.1 Å². The van der Waals surface area contributed by atoms with Crippen LogP contribution < -0.4 is 10.6 Å². The highest BCUT2D eigenvalue weighted by Gasteiger charge is 2.12. The number of nitriles is 1. The fraction of sp³-hybridized carbons (Fsp3) is 0.250. The monoisotopic (exact) mass is 325 g/mol. The summed E-state index contributed by atoms with van der Waals surface area (Å²) >= 11 is 3.24. The number of halogens is 1. The molecule has 6 nitrogen and oxygen atoms in total. The molecule has 0 aliphatic carbocycles. The van der Waals surface area contributed by atoms with Gasteiger partial charge in [0.05, 0.1) is 23.7 Å². The van der Waals surface area contributed by atoms with Gasteiger partial charge in [-0.15, -0.1) is 0 Å². The molecular formula is C12H12BrN3O3. The molecule has 0 heterocycles. The van der Waals surface area contributed by atoms with E-state index in [4.69, 9.17) is 10.4 Å². The minimum Gasteiger partial charge on any atom is -0.481 e. The van der Waals surface area contributed by atoms with Crippen molar-refractivity contribution in [2.45, 2.75) is 19.4 Å². The van der Waals surface area contributed by atoms with Crippen LogP contribution in [0.5, 0.6) is 0 Å². The number of hydrogen-bond acceptors (Lipinski definition) is 3. The summed E-state index contributed by atoms with van der Waals surface area (Å²) in [4.78, 5) is 22.1. The van der Waals surface area contributed by atoms with Gasteiger partial charge in [0, 0.05) is 10.5 Å². The molecule has 0 aliphatic heterocycles. The Kier molecular flexibility index (Phi) is 5.33. The maximum Gasteiger partial charge on any atom is 0.319 e. The smallest absolute Gasteiger partial charge is 0.319 e. The van der Waals surface area contributed by atoms with Crippen LogP contribution in [0.25, 0.3) is 0 Å². The van der Waals surface area contributed by atoms with Crippen molar-refractivity contribution in [1.82, 2.24) is 5.32 Å². The van der Waals surface area contributed by atoms with Crippen LogP contribution in [0.15, 0.2) is 22.7 Å². The number of carboxylic acids is 1. The van der Waals surface area contributed by atoms with Crippen LogP contribution in [0, 0.1) is 11.3 Å². The summed E-state index contributed by atoms with van der Waals surface area (Å²) in [5, 5.41) is 22.4. The first-order chi connectivity index (χ1) is 8.92. The Morgan fingerprint density at radius 2 is 2.21 bits per heavy atom. The Morgan fingerprint density at radius 1 is 1.53 bits per heavy atom. The van der Waals surface area contributed by atoms with E-state index >= 15 is 0 Å². The van der Waals surface area contributed by atoms with Crippen LogP contribution >= 0.6 is 15.9 Å². The number of rotatable bonds is 4.